The fraction of sp³-hybridized carbons (Fsp3) is 0.500. The van der Waals surface area contributed by atoms with Crippen molar-refractivity contribution in [1.82, 2.24) is 5.32 Å². The van der Waals surface area contributed by atoms with Crippen molar-refractivity contribution < 1.29 is 18.3 Å². The molecule has 1 aromatic rings. The lowest BCUT2D eigenvalue weighted by atomic mass is 10.0. The number of anilines is 1. The average molecular weight is 325 g/mol. The smallest absolute Gasteiger partial charge is 0.407 e. The topological polar surface area (TPSA) is 74.2 Å². The van der Waals surface area contributed by atoms with E-state index in [4.69, 9.17) is 10.00 Å². The molecule has 7 heteroatoms. The van der Waals surface area contributed by atoms with Crippen molar-refractivity contribution in [2.75, 3.05) is 18.4 Å². The highest BCUT2D eigenvalue weighted by molar-refractivity contribution is 5.67. The quantitative estimate of drug-likeness (QED) is 0.812. The number of benzene rings is 1. The van der Waals surface area contributed by atoms with Crippen molar-refractivity contribution in [1.29, 1.82) is 5.26 Å². The lowest BCUT2D eigenvalue weighted by molar-refractivity contribution is 0.0530. The monoisotopic (exact) mass is 325 g/mol. The van der Waals surface area contributed by atoms with Gasteiger partial charge in [-0.1, -0.05) is 0 Å². The van der Waals surface area contributed by atoms with E-state index in [1.807, 2.05) is 6.07 Å². The Kier molecular flexibility index (Phi) is 6.31. The molecule has 0 aliphatic carbocycles. The van der Waals surface area contributed by atoms with Gasteiger partial charge in [-0.2, -0.15) is 5.26 Å². The molecule has 1 rings (SSSR count). The molecule has 0 spiro atoms. The van der Waals surface area contributed by atoms with Gasteiger partial charge in [-0.25, -0.2) is 13.6 Å². The predicted molar refractivity (Wildman–Crippen MR) is 83.1 cm³/mol. The zero-order valence-electron chi connectivity index (χ0n) is 13.7. The largest absolute Gasteiger partial charge is 0.444 e. The molecule has 1 amide bonds. The second kappa shape index (κ2) is 7.77. The van der Waals surface area contributed by atoms with Crippen molar-refractivity contribution in [3.8, 4) is 6.07 Å². The van der Waals surface area contributed by atoms with E-state index < -0.39 is 29.2 Å². The van der Waals surface area contributed by atoms with Gasteiger partial charge in [0.2, 0.25) is 0 Å². The summed E-state index contributed by atoms with van der Waals surface area (Å²) in [5.74, 6) is -2.03. The third-order valence-corrected chi connectivity index (χ3v) is 2.86. The normalized spacial score (nSPS) is 12.2. The number of halogens is 2. The van der Waals surface area contributed by atoms with Crippen LogP contribution in [-0.2, 0) is 4.74 Å². The Morgan fingerprint density at radius 3 is 2.52 bits per heavy atom. The molecular weight excluding hydrogens is 304 g/mol. The molecular formula is C16H21F2N3O2. The molecule has 0 heterocycles. The zero-order chi connectivity index (χ0) is 17.6. The number of carbonyl (C=O) groups excluding carboxylic acids is 1. The van der Waals surface area contributed by atoms with Gasteiger partial charge in [-0.05, 0) is 33.8 Å². The molecule has 0 saturated carbocycles. The van der Waals surface area contributed by atoms with Gasteiger partial charge in [0, 0.05) is 24.7 Å². The molecule has 0 saturated heterocycles. The van der Waals surface area contributed by atoms with Crippen LogP contribution in [0.25, 0.3) is 0 Å². The van der Waals surface area contributed by atoms with E-state index in [0.717, 1.165) is 12.1 Å². The molecule has 0 radical (unpaired) electrons. The Hall–Kier alpha value is -2.36. The van der Waals surface area contributed by atoms with Gasteiger partial charge in [-0.15, -0.1) is 0 Å². The molecule has 0 aliphatic rings. The van der Waals surface area contributed by atoms with Crippen LogP contribution in [0.4, 0.5) is 19.3 Å². The number of hydrogen-bond acceptors (Lipinski definition) is 4. The van der Waals surface area contributed by atoms with Gasteiger partial charge in [0.15, 0.2) is 0 Å². The van der Waals surface area contributed by atoms with E-state index in [2.05, 4.69) is 10.6 Å². The predicted octanol–water partition coefficient (Wildman–Crippen LogP) is 3.53. The van der Waals surface area contributed by atoms with Crippen LogP contribution in [0.1, 0.15) is 39.2 Å². The molecule has 0 aromatic heterocycles. The highest BCUT2D eigenvalue weighted by Gasteiger charge is 2.16. The van der Waals surface area contributed by atoms with E-state index in [1.165, 1.54) is 6.92 Å². The fourth-order valence-electron chi connectivity index (χ4n) is 1.77. The third-order valence-electron chi connectivity index (χ3n) is 2.86. The molecule has 5 nitrogen and oxygen atoms in total. The summed E-state index contributed by atoms with van der Waals surface area (Å²) in [5.41, 5.74) is -0.607. The summed E-state index contributed by atoms with van der Waals surface area (Å²) >= 11 is 0. The van der Waals surface area contributed by atoms with E-state index in [0.29, 0.717) is 0 Å². The molecule has 1 unspecified atom stereocenters. The molecule has 0 bridgehead atoms. The number of hydrogen-bond donors (Lipinski definition) is 2. The first-order chi connectivity index (χ1) is 10.6. The lowest BCUT2D eigenvalue weighted by Gasteiger charge is -2.19. The number of nitrogens with zero attached hydrogens (tertiary/aromatic N) is 1. The number of alkyl carbamates (subject to hydrolysis) is 1. The van der Waals surface area contributed by atoms with Gasteiger partial charge in [0.25, 0.3) is 0 Å². The highest BCUT2D eigenvalue weighted by atomic mass is 19.1. The fourth-order valence-corrected chi connectivity index (χ4v) is 1.77. The average Bonchev–Trinajstić information content (AvgIpc) is 2.43. The Morgan fingerprint density at radius 1 is 1.30 bits per heavy atom. The summed E-state index contributed by atoms with van der Waals surface area (Å²) in [5, 5.41) is 14.0. The number of nitrogens with one attached hydrogen (secondary N) is 2. The molecule has 0 fully saturated rings. The van der Waals surface area contributed by atoms with Gasteiger partial charge >= 0.3 is 6.09 Å². The van der Waals surface area contributed by atoms with Crippen molar-refractivity contribution >= 4 is 11.8 Å². The van der Waals surface area contributed by atoms with Crippen LogP contribution in [0.2, 0.25) is 0 Å². The minimum Gasteiger partial charge on any atom is -0.444 e. The second-order valence-electron chi connectivity index (χ2n) is 6.06. The number of nitriles is 1. The van der Waals surface area contributed by atoms with Gasteiger partial charge in [-0.3, -0.25) is 0 Å². The molecule has 126 valence electrons. The van der Waals surface area contributed by atoms with Crippen molar-refractivity contribution in [2.24, 2.45) is 0 Å². The molecule has 23 heavy (non-hydrogen) atoms. The van der Waals surface area contributed by atoms with E-state index in [-0.39, 0.29) is 24.3 Å². The molecule has 0 aliphatic heterocycles. The number of rotatable bonds is 5. The third kappa shape index (κ3) is 6.10. The van der Waals surface area contributed by atoms with Crippen LogP contribution in [-0.4, -0.2) is 24.8 Å². The maximum absolute atomic E-state index is 13.9. The van der Waals surface area contributed by atoms with Gasteiger partial charge in [0.1, 0.15) is 17.2 Å². The summed E-state index contributed by atoms with van der Waals surface area (Å²) in [4.78, 5) is 11.4. The van der Waals surface area contributed by atoms with Crippen LogP contribution >= 0.6 is 0 Å². The number of carbonyl (C=O) groups is 1. The minimum absolute atomic E-state index is 0.0161. The zero-order valence-corrected chi connectivity index (χ0v) is 13.7. The van der Waals surface area contributed by atoms with Gasteiger partial charge < -0.3 is 15.4 Å². The van der Waals surface area contributed by atoms with Crippen molar-refractivity contribution in [3.05, 3.63) is 29.3 Å². The lowest BCUT2D eigenvalue weighted by Crippen LogP contribution is -2.35. The number of amides is 1. The van der Waals surface area contributed by atoms with Crippen LogP contribution in [0, 0.1) is 23.0 Å². The van der Waals surface area contributed by atoms with Crippen LogP contribution in [0.15, 0.2) is 12.1 Å². The first kappa shape index (κ1) is 18.7. The second-order valence-corrected chi connectivity index (χ2v) is 6.06. The van der Waals surface area contributed by atoms with E-state index in [9.17, 15) is 13.6 Å². The summed E-state index contributed by atoms with van der Waals surface area (Å²) in [6.07, 6.45) is -0.579. The summed E-state index contributed by atoms with van der Waals surface area (Å²) < 4.78 is 32.8. The summed E-state index contributed by atoms with van der Waals surface area (Å²) in [6, 6.07) is 3.88. The summed E-state index contributed by atoms with van der Waals surface area (Å²) in [6.45, 7) is 7.11. The Balaban J connectivity index is 2.55. The van der Waals surface area contributed by atoms with E-state index in [1.54, 1.807) is 20.8 Å². The van der Waals surface area contributed by atoms with Crippen LogP contribution in [0.3, 0.4) is 0 Å². The van der Waals surface area contributed by atoms with Gasteiger partial charge in [0.05, 0.1) is 17.7 Å². The number of ether oxygens (including phenoxy) is 1. The first-order valence-electron chi connectivity index (χ1n) is 7.23. The SMILES string of the molecule is CC(C#N)c1cc(F)c(NCCNC(=O)OC(C)(C)C)cc1F. The highest BCUT2D eigenvalue weighted by Crippen LogP contribution is 2.24. The van der Waals surface area contributed by atoms with Crippen LogP contribution in [0.5, 0.6) is 0 Å². The van der Waals surface area contributed by atoms with Crippen LogP contribution < -0.4 is 10.6 Å². The summed E-state index contributed by atoms with van der Waals surface area (Å²) in [7, 11) is 0. The van der Waals surface area contributed by atoms with E-state index >= 15 is 0 Å². The van der Waals surface area contributed by atoms with Crippen molar-refractivity contribution in [3.63, 3.8) is 0 Å². The maximum Gasteiger partial charge on any atom is 0.407 e. The standard InChI is InChI=1S/C16H21F2N3O2/c1-10(9-19)11-7-13(18)14(8-12(11)17)20-5-6-21-15(22)23-16(2,3)4/h7-8,10,20H,5-6H2,1-4H3,(H,21,22). The molecule has 1 aromatic carbocycles. The first-order valence-corrected chi connectivity index (χ1v) is 7.23. The Morgan fingerprint density at radius 2 is 1.96 bits per heavy atom. The Bertz CT molecular complexity index is 607. The minimum atomic E-state index is -0.729. The molecule has 2 N–H and O–H groups in total. The Labute approximate surface area is 134 Å². The maximum atomic E-state index is 13.9. The molecule has 1 atom stereocenters. The van der Waals surface area contributed by atoms with Crippen molar-refractivity contribution in [2.45, 2.75) is 39.2 Å².